The zero-order valence-electron chi connectivity index (χ0n) is 15.4. The third-order valence-corrected chi connectivity index (χ3v) is 4.00. The van der Waals surface area contributed by atoms with E-state index in [2.05, 4.69) is 10.6 Å². The Morgan fingerprint density at radius 1 is 0.966 bits per heavy atom. The van der Waals surface area contributed by atoms with Crippen molar-refractivity contribution in [1.82, 2.24) is 10.6 Å². The number of halogens is 1. The van der Waals surface area contributed by atoms with Gasteiger partial charge in [0.05, 0.1) is 6.61 Å². The summed E-state index contributed by atoms with van der Waals surface area (Å²) in [7, 11) is 0. The van der Waals surface area contributed by atoms with Gasteiger partial charge < -0.3 is 25.6 Å². The predicted octanol–water partition coefficient (Wildman–Crippen LogP) is 1.22. The van der Waals surface area contributed by atoms with Crippen LogP contribution in [0, 0.1) is 5.82 Å². The monoisotopic (exact) mass is 404 g/mol. The van der Waals surface area contributed by atoms with Crippen molar-refractivity contribution in [1.29, 1.82) is 0 Å². The Balaban J connectivity index is 1.93. The Kier molecular flexibility index (Phi) is 8.11. The van der Waals surface area contributed by atoms with Crippen LogP contribution in [0.25, 0.3) is 0 Å². The first kappa shape index (κ1) is 21.8. The Hall–Kier alpha value is -3.46. The molecular formula is C20H21FN2O6. The second-order valence-electron chi connectivity index (χ2n) is 6.14. The molecule has 0 aliphatic carbocycles. The van der Waals surface area contributed by atoms with Crippen LogP contribution in [-0.2, 0) is 27.4 Å². The number of amides is 2. The SMILES string of the molecule is O=C(N[C@@H](CO)C(=O)N[C@@H](Cc1ccccc1F)C(=O)O)OCc1ccccc1. The summed E-state index contributed by atoms with van der Waals surface area (Å²) in [5.41, 5.74) is 0.833. The van der Waals surface area contributed by atoms with Gasteiger partial charge in [0.25, 0.3) is 0 Å². The molecule has 8 nitrogen and oxygen atoms in total. The lowest BCUT2D eigenvalue weighted by atomic mass is 10.0. The van der Waals surface area contributed by atoms with Crippen LogP contribution >= 0.6 is 0 Å². The van der Waals surface area contributed by atoms with E-state index in [0.29, 0.717) is 0 Å². The number of benzene rings is 2. The molecule has 0 saturated carbocycles. The zero-order chi connectivity index (χ0) is 21.2. The van der Waals surface area contributed by atoms with Crippen LogP contribution in [0.2, 0.25) is 0 Å². The van der Waals surface area contributed by atoms with Gasteiger partial charge in [0.1, 0.15) is 24.5 Å². The Morgan fingerprint density at radius 2 is 1.62 bits per heavy atom. The number of carboxylic acids is 1. The molecule has 0 spiro atoms. The van der Waals surface area contributed by atoms with Crippen LogP contribution in [0.1, 0.15) is 11.1 Å². The maximum absolute atomic E-state index is 13.8. The molecule has 2 amide bonds. The smallest absolute Gasteiger partial charge is 0.408 e. The summed E-state index contributed by atoms with van der Waals surface area (Å²) < 4.78 is 18.7. The van der Waals surface area contributed by atoms with Gasteiger partial charge >= 0.3 is 12.1 Å². The fourth-order valence-corrected chi connectivity index (χ4v) is 2.46. The molecular weight excluding hydrogens is 383 g/mol. The summed E-state index contributed by atoms with van der Waals surface area (Å²) in [6, 6.07) is 11.5. The van der Waals surface area contributed by atoms with E-state index in [1.807, 2.05) is 0 Å². The van der Waals surface area contributed by atoms with E-state index in [1.165, 1.54) is 18.2 Å². The molecule has 0 aliphatic rings. The van der Waals surface area contributed by atoms with Crippen molar-refractivity contribution >= 4 is 18.0 Å². The van der Waals surface area contributed by atoms with E-state index >= 15 is 0 Å². The third-order valence-electron chi connectivity index (χ3n) is 4.00. The number of ether oxygens (including phenoxy) is 1. The zero-order valence-corrected chi connectivity index (χ0v) is 15.4. The maximum atomic E-state index is 13.8. The first-order valence-corrected chi connectivity index (χ1v) is 8.75. The lowest BCUT2D eigenvalue weighted by Gasteiger charge is -2.20. The molecule has 0 heterocycles. The molecule has 2 atom stereocenters. The van der Waals surface area contributed by atoms with Crippen molar-refractivity contribution in [3.63, 3.8) is 0 Å². The first-order valence-electron chi connectivity index (χ1n) is 8.75. The molecule has 0 fully saturated rings. The van der Waals surface area contributed by atoms with Gasteiger partial charge in [-0.1, -0.05) is 48.5 Å². The molecule has 29 heavy (non-hydrogen) atoms. The van der Waals surface area contributed by atoms with Gasteiger partial charge in [-0.3, -0.25) is 4.79 Å². The first-order chi connectivity index (χ1) is 13.9. The van der Waals surface area contributed by atoms with Gasteiger partial charge in [0.15, 0.2) is 0 Å². The summed E-state index contributed by atoms with van der Waals surface area (Å²) in [5.74, 6) is -2.92. The van der Waals surface area contributed by atoms with Gasteiger partial charge in [-0.2, -0.15) is 0 Å². The molecule has 9 heteroatoms. The minimum atomic E-state index is -1.45. The van der Waals surface area contributed by atoms with Crippen LogP contribution in [0.4, 0.5) is 9.18 Å². The summed E-state index contributed by atoms with van der Waals surface area (Å²) in [6.45, 7) is -0.824. The molecule has 0 bridgehead atoms. The van der Waals surface area contributed by atoms with E-state index in [1.54, 1.807) is 36.4 Å². The number of nitrogens with one attached hydrogen (secondary N) is 2. The van der Waals surface area contributed by atoms with Crippen molar-refractivity contribution in [2.45, 2.75) is 25.1 Å². The lowest BCUT2D eigenvalue weighted by Crippen LogP contribution is -2.53. The number of hydrogen-bond donors (Lipinski definition) is 4. The van der Waals surface area contributed by atoms with E-state index < -0.39 is 42.5 Å². The van der Waals surface area contributed by atoms with Gasteiger partial charge in [0, 0.05) is 6.42 Å². The number of carbonyl (C=O) groups is 3. The van der Waals surface area contributed by atoms with Crippen LogP contribution in [0.3, 0.4) is 0 Å². The minimum absolute atomic E-state index is 0.0442. The maximum Gasteiger partial charge on any atom is 0.408 e. The van der Waals surface area contributed by atoms with Crippen LogP contribution in [0.15, 0.2) is 54.6 Å². The molecule has 0 aliphatic heterocycles. The molecule has 154 valence electrons. The van der Waals surface area contributed by atoms with Gasteiger partial charge in [0.2, 0.25) is 5.91 Å². The Labute approximate surface area is 166 Å². The highest BCUT2D eigenvalue weighted by Crippen LogP contribution is 2.09. The van der Waals surface area contributed by atoms with E-state index in [-0.39, 0.29) is 18.6 Å². The normalized spacial score (nSPS) is 12.5. The number of aliphatic carboxylic acids is 1. The number of carboxylic acid groups (broad SMARTS) is 1. The fraction of sp³-hybridized carbons (Fsp3) is 0.250. The Morgan fingerprint density at radius 3 is 2.24 bits per heavy atom. The molecule has 2 aromatic carbocycles. The van der Waals surface area contributed by atoms with Crippen molar-refractivity contribution in [2.75, 3.05) is 6.61 Å². The second-order valence-corrected chi connectivity index (χ2v) is 6.14. The standard InChI is InChI=1S/C20H21FN2O6/c21-15-9-5-4-8-14(15)10-16(19(26)27)22-18(25)17(11-24)23-20(28)29-12-13-6-2-1-3-7-13/h1-9,16-17,24H,10-12H2,(H,22,25)(H,23,28)(H,26,27)/t16-,17-/m0/s1. The highest BCUT2D eigenvalue weighted by atomic mass is 19.1. The van der Waals surface area contributed by atoms with Crippen molar-refractivity contribution in [2.24, 2.45) is 0 Å². The topological polar surface area (TPSA) is 125 Å². The average molecular weight is 404 g/mol. The number of hydrogen-bond acceptors (Lipinski definition) is 5. The highest BCUT2D eigenvalue weighted by molar-refractivity contribution is 5.89. The lowest BCUT2D eigenvalue weighted by molar-refractivity contribution is -0.142. The van der Waals surface area contributed by atoms with Crippen molar-refractivity contribution in [3.8, 4) is 0 Å². The van der Waals surface area contributed by atoms with Crippen LogP contribution in [-0.4, -0.2) is 46.9 Å². The number of carbonyl (C=O) groups excluding carboxylic acids is 2. The number of aliphatic hydroxyl groups is 1. The van der Waals surface area contributed by atoms with Crippen molar-refractivity contribution < 1.29 is 33.7 Å². The highest BCUT2D eigenvalue weighted by Gasteiger charge is 2.27. The van der Waals surface area contributed by atoms with E-state index in [4.69, 9.17) is 4.74 Å². The second kappa shape index (κ2) is 10.8. The molecule has 2 aromatic rings. The quantitative estimate of drug-likeness (QED) is 0.498. The van der Waals surface area contributed by atoms with Crippen LogP contribution < -0.4 is 10.6 Å². The summed E-state index contributed by atoms with van der Waals surface area (Å²) in [6.07, 6.45) is -1.26. The van der Waals surface area contributed by atoms with Gasteiger partial charge in [-0.15, -0.1) is 0 Å². The van der Waals surface area contributed by atoms with E-state index in [9.17, 15) is 29.0 Å². The van der Waals surface area contributed by atoms with Crippen molar-refractivity contribution in [3.05, 3.63) is 71.5 Å². The summed E-state index contributed by atoms with van der Waals surface area (Å²) in [5, 5.41) is 23.0. The summed E-state index contributed by atoms with van der Waals surface area (Å²) in [4.78, 5) is 35.6. The molecule has 0 unspecified atom stereocenters. The molecule has 2 rings (SSSR count). The third kappa shape index (κ3) is 6.89. The van der Waals surface area contributed by atoms with Gasteiger partial charge in [-0.25, -0.2) is 14.0 Å². The minimum Gasteiger partial charge on any atom is -0.480 e. The molecule has 0 radical (unpaired) electrons. The fourth-order valence-electron chi connectivity index (χ4n) is 2.46. The van der Waals surface area contributed by atoms with Crippen LogP contribution in [0.5, 0.6) is 0 Å². The predicted molar refractivity (Wildman–Crippen MR) is 100 cm³/mol. The number of aliphatic hydroxyl groups excluding tert-OH is 1. The molecule has 4 N–H and O–H groups in total. The number of alkyl carbamates (subject to hydrolysis) is 1. The van der Waals surface area contributed by atoms with E-state index in [0.717, 1.165) is 5.56 Å². The Bertz CT molecular complexity index is 846. The molecule has 0 aromatic heterocycles. The van der Waals surface area contributed by atoms with Gasteiger partial charge in [-0.05, 0) is 17.2 Å². The number of rotatable bonds is 9. The molecule has 0 saturated heterocycles. The largest absolute Gasteiger partial charge is 0.480 e. The average Bonchev–Trinajstić information content (AvgIpc) is 2.72. The summed E-state index contributed by atoms with van der Waals surface area (Å²) >= 11 is 0.